The summed E-state index contributed by atoms with van der Waals surface area (Å²) < 4.78 is 0. The molecule has 1 N–H and O–H groups in total. The smallest absolute Gasteiger partial charge is 0.131 e. The highest BCUT2D eigenvalue weighted by Gasteiger charge is 2.07. The Morgan fingerprint density at radius 2 is 1.76 bits per heavy atom. The second kappa shape index (κ2) is 7.41. The van der Waals surface area contributed by atoms with Crippen molar-refractivity contribution in [1.29, 1.82) is 0 Å². The third kappa shape index (κ3) is 4.70. The highest BCUT2D eigenvalue weighted by molar-refractivity contribution is 7.99. The maximum atomic E-state index is 4.59. The van der Waals surface area contributed by atoms with E-state index in [9.17, 15) is 0 Å². The van der Waals surface area contributed by atoms with Gasteiger partial charge in [0.1, 0.15) is 21.7 Å². The van der Waals surface area contributed by atoms with Crippen LogP contribution >= 0.6 is 11.8 Å². The summed E-state index contributed by atoms with van der Waals surface area (Å²) in [6.07, 6.45) is 1.90. The zero-order valence-electron chi connectivity index (χ0n) is 13.1. The zero-order valence-corrected chi connectivity index (χ0v) is 13.9. The normalized spacial score (nSPS) is 10.7. The minimum absolute atomic E-state index is 0.829. The van der Waals surface area contributed by atoms with Crippen molar-refractivity contribution >= 4 is 17.6 Å². The van der Waals surface area contributed by atoms with Crippen LogP contribution < -0.4 is 5.32 Å². The molecule has 2 heterocycles. The Hall–Kier alpha value is -1.62. The van der Waals surface area contributed by atoms with Gasteiger partial charge in [0, 0.05) is 24.7 Å². The molecular weight excluding hydrogens is 280 g/mol. The van der Waals surface area contributed by atoms with E-state index in [1.165, 1.54) is 5.56 Å². The van der Waals surface area contributed by atoms with Crippen LogP contribution in [-0.4, -0.2) is 21.5 Å². The summed E-state index contributed by atoms with van der Waals surface area (Å²) in [5, 5.41) is 5.26. The van der Waals surface area contributed by atoms with Crippen LogP contribution in [0.3, 0.4) is 0 Å². The molecule has 0 radical (unpaired) electrons. The molecule has 0 saturated carbocycles. The fourth-order valence-electron chi connectivity index (χ4n) is 1.99. The molecule has 0 saturated heterocycles. The molecule has 0 amide bonds. The molecule has 112 valence electrons. The number of pyridine rings is 1. The SMILES string of the molecule is CCCNc1cc(Sc2cc(C)cc(C)n2)nc(CC)n1. The summed E-state index contributed by atoms with van der Waals surface area (Å²) in [5.41, 5.74) is 2.26. The van der Waals surface area contributed by atoms with Gasteiger partial charge >= 0.3 is 0 Å². The highest BCUT2D eigenvalue weighted by Crippen LogP contribution is 2.27. The number of rotatable bonds is 6. The molecule has 2 rings (SSSR count). The number of nitrogens with zero attached hydrogens (tertiary/aromatic N) is 3. The van der Waals surface area contributed by atoms with Crippen molar-refractivity contribution in [2.24, 2.45) is 0 Å². The van der Waals surface area contributed by atoms with E-state index in [0.717, 1.165) is 46.8 Å². The van der Waals surface area contributed by atoms with Gasteiger partial charge in [-0.25, -0.2) is 15.0 Å². The zero-order chi connectivity index (χ0) is 15.2. The van der Waals surface area contributed by atoms with E-state index >= 15 is 0 Å². The van der Waals surface area contributed by atoms with E-state index in [2.05, 4.69) is 53.2 Å². The number of nitrogens with one attached hydrogen (secondary N) is 1. The molecule has 0 bridgehead atoms. The molecular formula is C16H22N4S. The molecule has 0 aliphatic rings. The van der Waals surface area contributed by atoms with Crippen molar-refractivity contribution in [3.05, 3.63) is 35.3 Å². The average Bonchev–Trinajstić information content (AvgIpc) is 2.43. The van der Waals surface area contributed by atoms with Crippen LogP contribution in [0.2, 0.25) is 0 Å². The lowest BCUT2D eigenvalue weighted by Gasteiger charge is -2.09. The van der Waals surface area contributed by atoms with Gasteiger partial charge in [-0.05, 0) is 49.7 Å². The fourth-order valence-corrected chi connectivity index (χ4v) is 2.96. The molecule has 0 spiro atoms. The van der Waals surface area contributed by atoms with Crippen LogP contribution in [-0.2, 0) is 6.42 Å². The van der Waals surface area contributed by atoms with Crippen LogP contribution in [0, 0.1) is 13.8 Å². The number of aryl methyl sites for hydroxylation is 3. The topological polar surface area (TPSA) is 50.7 Å². The summed E-state index contributed by atoms with van der Waals surface area (Å²) in [7, 11) is 0. The Morgan fingerprint density at radius 1 is 1.00 bits per heavy atom. The van der Waals surface area contributed by atoms with Gasteiger partial charge in [0.05, 0.1) is 0 Å². The molecule has 21 heavy (non-hydrogen) atoms. The van der Waals surface area contributed by atoms with Gasteiger partial charge in [-0.3, -0.25) is 0 Å². The third-order valence-corrected chi connectivity index (χ3v) is 3.74. The van der Waals surface area contributed by atoms with Crippen LogP contribution in [0.15, 0.2) is 28.3 Å². The van der Waals surface area contributed by atoms with E-state index in [1.807, 2.05) is 13.0 Å². The van der Waals surface area contributed by atoms with Crippen molar-refractivity contribution in [3.63, 3.8) is 0 Å². The molecule has 5 heteroatoms. The first-order valence-electron chi connectivity index (χ1n) is 7.35. The highest BCUT2D eigenvalue weighted by atomic mass is 32.2. The Bertz CT molecular complexity index is 593. The molecule has 0 atom stereocenters. The van der Waals surface area contributed by atoms with Gasteiger partial charge in [-0.15, -0.1) is 0 Å². The molecule has 2 aromatic rings. The van der Waals surface area contributed by atoms with Crippen molar-refractivity contribution in [3.8, 4) is 0 Å². The van der Waals surface area contributed by atoms with E-state index in [0.29, 0.717) is 0 Å². The largest absolute Gasteiger partial charge is 0.370 e. The van der Waals surface area contributed by atoms with Gasteiger partial charge in [-0.1, -0.05) is 13.8 Å². The monoisotopic (exact) mass is 302 g/mol. The minimum Gasteiger partial charge on any atom is -0.370 e. The molecule has 0 aliphatic heterocycles. The Kier molecular flexibility index (Phi) is 5.56. The predicted octanol–water partition coefficient (Wildman–Crippen LogP) is 4.02. The quantitative estimate of drug-likeness (QED) is 0.817. The summed E-state index contributed by atoms with van der Waals surface area (Å²) in [6, 6.07) is 6.17. The van der Waals surface area contributed by atoms with Gasteiger partial charge < -0.3 is 5.32 Å². The van der Waals surface area contributed by atoms with E-state index in [-0.39, 0.29) is 0 Å². The van der Waals surface area contributed by atoms with Crippen molar-refractivity contribution < 1.29 is 0 Å². The Balaban J connectivity index is 2.25. The molecule has 0 unspecified atom stereocenters. The lowest BCUT2D eigenvalue weighted by Crippen LogP contribution is -2.05. The molecule has 4 nitrogen and oxygen atoms in total. The number of aromatic nitrogens is 3. The lowest BCUT2D eigenvalue weighted by atomic mass is 10.3. The Morgan fingerprint density at radius 3 is 2.43 bits per heavy atom. The second-order valence-electron chi connectivity index (χ2n) is 5.01. The maximum absolute atomic E-state index is 4.59. The van der Waals surface area contributed by atoms with Crippen LogP contribution in [0.5, 0.6) is 0 Å². The first kappa shape index (κ1) is 15.8. The van der Waals surface area contributed by atoms with Crippen LogP contribution in [0.25, 0.3) is 0 Å². The second-order valence-corrected chi connectivity index (χ2v) is 6.05. The van der Waals surface area contributed by atoms with Gasteiger partial charge in [0.2, 0.25) is 0 Å². The van der Waals surface area contributed by atoms with Gasteiger partial charge in [-0.2, -0.15) is 0 Å². The summed E-state index contributed by atoms with van der Waals surface area (Å²) >= 11 is 1.59. The lowest BCUT2D eigenvalue weighted by molar-refractivity contribution is 0.876. The van der Waals surface area contributed by atoms with Crippen LogP contribution in [0.1, 0.15) is 37.4 Å². The molecule has 0 fully saturated rings. The van der Waals surface area contributed by atoms with Crippen molar-refractivity contribution in [2.75, 3.05) is 11.9 Å². The molecule has 2 aromatic heterocycles. The van der Waals surface area contributed by atoms with Crippen molar-refractivity contribution in [1.82, 2.24) is 15.0 Å². The molecule has 0 aromatic carbocycles. The summed E-state index contributed by atoms with van der Waals surface area (Å²) in [6.45, 7) is 9.24. The van der Waals surface area contributed by atoms with E-state index < -0.39 is 0 Å². The molecule has 0 aliphatic carbocycles. The maximum Gasteiger partial charge on any atom is 0.131 e. The van der Waals surface area contributed by atoms with Gasteiger partial charge in [0.25, 0.3) is 0 Å². The van der Waals surface area contributed by atoms with E-state index in [1.54, 1.807) is 11.8 Å². The summed E-state index contributed by atoms with van der Waals surface area (Å²) in [5.74, 6) is 1.76. The number of hydrogen-bond acceptors (Lipinski definition) is 5. The number of anilines is 1. The minimum atomic E-state index is 0.829. The summed E-state index contributed by atoms with van der Waals surface area (Å²) in [4.78, 5) is 13.7. The number of hydrogen-bond donors (Lipinski definition) is 1. The van der Waals surface area contributed by atoms with Gasteiger partial charge in [0.15, 0.2) is 0 Å². The standard InChI is InChI=1S/C16H22N4S/c1-5-7-17-14-10-16(20-13(6-2)19-14)21-15-9-11(3)8-12(4)18-15/h8-10H,5-7H2,1-4H3,(H,17,19,20). The fraction of sp³-hybridized carbons (Fsp3) is 0.438. The first-order valence-corrected chi connectivity index (χ1v) is 8.17. The predicted molar refractivity (Wildman–Crippen MR) is 88.0 cm³/mol. The van der Waals surface area contributed by atoms with E-state index in [4.69, 9.17) is 0 Å². The first-order chi connectivity index (χ1) is 10.1. The van der Waals surface area contributed by atoms with Crippen LogP contribution in [0.4, 0.5) is 5.82 Å². The average molecular weight is 302 g/mol. The van der Waals surface area contributed by atoms with Crippen molar-refractivity contribution in [2.45, 2.75) is 50.6 Å². The third-order valence-electron chi connectivity index (χ3n) is 2.90. The Labute approximate surface area is 130 Å².